The van der Waals surface area contributed by atoms with Gasteiger partial charge in [-0.05, 0) is 12.1 Å². The maximum atomic E-state index is 12.4. The topological polar surface area (TPSA) is 78.3 Å². The van der Waals surface area contributed by atoms with Gasteiger partial charge in [0.15, 0.2) is 5.69 Å². The molecule has 0 aliphatic heterocycles. The summed E-state index contributed by atoms with van der Waals surface area (Å²) in [4.78, 5) is 11.5. The van der Waals surface area contributed by atoms with Crippen LogP contribution in [0.3, 0.4) is 0 Å². The van der Waals surface area contributed by atoms with E-state index in [1.807, 2.05) is 0 Å². The Morgan fingerprint density at radius 1 is 1.26 bits per heavy atom. The van der Waals surface area contributed by atoms with Gasteiger partial charge in [-0.15, -0.1) is 0 Å². The molecular weight excluding hydrogens is 268 g/mol. The number of hydrogen-bond acceptors (Lipinski definition) is 5. The number of esters is 1. The zero-order valence-corrected chi connectivity index (χ0v) is 11.2. The fraction of sp³-hybridized carbons (Fsp3) is 0.167. The van der Waals surface area contributed by atoms with Crippen molar-refractivity contribution in [1.29, 1.82) is 0 Å². The van der Waals surface area contributed by atoms with Crippen molar-refractivity contribution >= 4 is 15.8 Å². The van der Waals surface area contributed by atoms with Gasteiger partial charge in [0.2, 0.25) is 9.84 Å². The van der Waals surface area contributed by atoms with Gasteiger partial charge in [-0.25, -0.2) is 13.2 Å². The van der Waals surface area contributed by atoms with Crippen LogP contribution in [0.4, 0.5) is 0 Å². The molecular formula is C12H12N2O4S. The first-order valence-corrected chi connectivity index (χ1v) is 6.87. The number of nitrogens with zero attached hydrogens (tertiary/aromatic N) is 2. The number of methoxy groups -OCH3 is 1. The highest BCUT2D eigenvalue weighted by Crippen LogP contribution is 2.23. The molecule has 0 unspecified atom stereocenters. The van der Waals surface area contributed by atoms with Crippen molar-refractivity contribution in [2.75, 3.05) is 7.11 Å². The molecule has 0 radical (unpaired) electrons. The van der Waals surface area contributed by atoms with Crippen LogP contribution in [0, 0.1) is 0 Å². The highest BCUT2D eigenvalue weighted by atomic mass is 32.2. The van der Waals surface area contributed by atoms with Crippen LogP contribution in [0.2, 0.25) is 0 Å². The third kappa shape index (κ3) is 2.37. The van der Waals surface area contributed by atoms with Gasteiger partial charge in [0.05, 0.1) is 12.0 Å². The molecule has 1 heterocycles. The molecule has 0 atom stereocenters. The van der Waals surface area contributed by atoms with Gasteiger partial charge >= 0.3 is 5.97 Å². The van der Waals surface area contributed by atoms with E-state index in [1.165, 1.54) is 37.2 Å². The lowest BCUT2D eigenvalue weighted by Gasteiger charge is -2.03. The van der Waals surface area contributed by atoms with Crippen LogP contribution in [0.5, 0.6) is 0 Å². The quantitative estimate of drug-likeness (QED) is 0.785. The van der Waals surface area contributed by atoms with E-state index in [4.69, 9.17) is 0 Å². The molecule has 2 rings (SSSR count). The lowest BCUT2D eigenvalue weighted by molar-refractivity contribution is 0.0589. The average Bonchev–Trinajstić information content (AvgIpc) is 2.81. The van der Waals surface area contributed by atoms with Crippen LogP contribution in [0.15, 0.2) is 46.3 Å². The van der Waals surface area contributed by atoms with E-state index in [1.54, 1.807) is 18.2 Å². The number of ether oxygens (including phenoxy) is 1. The molecule has 100 valence electrons. The molecule has 1 aromatic carbocycles. The minimum absolute atomic E-state index is 0.105. The maximum absolute atomic E-state index is 12.4. The Hall–Kier alpha value is -2.15. The van der Waals surface area contributed by atoms with Crippen LogP contribution in [-0.4, -0.2) is 31.3 Å². The van der Waals surface area contributed by atoms with Gasteiger partial charge in [-0.2, -0.15) is 5.10 Å². The van der Waals surface area contributed by atoms with Gasteiger partial charge < -0.3 is 4.74 Å². The van der Waals surface area contributed by atoms with Crippen molar-refractivity contribution < 1.29 is 17.9 Å². The number of aryl methyl sites for hydroxylation is 1. The van der Waals surface area contributed by atoms with Crippen molar-refractivity contribution in [3.05, 3.63) is 42.2 Å². The second-order valence-corrected chi connectivity index (χ2v) is 5.74. The Kier molecular flexibility index (Phi) is 3.39. The molecule has 7 heteroatoms. The van der Waals surface area contributed by atoms with Crippen molar-refractivity contribution in [3.63, 3.8) is 0 Å². The van der Waals surface area contributed by atoms with Gasteiger partial charge in [-0.3, -0.25) is 4.68 Å². The summed E-state index contributed by atoms with van der Waals surface area (Å²) in [5.41, 5.74) is -0.214. The van der Waals surface area contributed by atoms with Gasteiger partial charge in [0.25, 0.3) is 0 Å². The van der Waals surface area contributed by atoms with Crippen LogP contribution in [0.25, 0.3) is 0 Å². The lowest BCUT2D eigenvalue weighted by Crippen LogP contribution is -2.10. The summed E-state index contributed by atoms with van der Waals surface area (Å²) in [5.74, 6) is -0.782. The molecule has 0 bridgehead atoms. The summed E-state index contributed by atoms with van der Waals surface area (Å²) >= 11 is 0. The van der Waals surface area contributed by atoms with Crippen LogP contribution >= 0.6 is 0 Å². The third-order valence-electron chi connectivity index (χ3n) is 2.52. The van der Waals surface area contributed by atoms with E-state index in [0.29, 0.717) is 0 Å². The molecule has 0 amide bonds. The molecule has 0 spiro atoms. The Balaban J connectivity index is 2.62. The zero-order valence-electron chi connectivity index (χ0n) is 10.4. The lowest BCUT2D eigenvalue weighted by atomic mass is 10.4. The summed E-state index contributed by atoms with van der Waals surface area (Å²) in [6, 6.07) is 7.86. The van der Waals surface area contributed by atoms with Gasteiger partial charge in [0, 0.05) is 13.2 Å². The molecule has 0 aliphatic rings. The summed E-state index contributed by atoms with van der Waals surface area (Å²) in [7, 11) is -1.07. The fourth-order valence-corrected chi connectivity index (χ4v) is 3.07. The Morgan fingerprint density at radius 3 is 2.47 bits per heavy atom. The van der Waals surface area contributed by atoms with E-state index in [-0.39, 0.29) is 15.5 Å². The third-order valence-corrected chi connectivity index (χ3v) is 4.29. The number of rotatable bonds is 3. The van der Waals surface area contributed by atoms with Gasteiger partial charge in [0.1, 0.15) is 4.90 Å². The smallest absolute Gasteiger partial charge is 0.359 e. The maximum Gasteiger partial charge on any atom is 0.359 e. The Bertz CT molecular complexity index is 705. The Morgan fingerprint density at radius 2 is 1.89 bits per heavy atom. The van der Waals surface area contributed by atoms with Crippen molar-refractivity contribution in [1.82, 2.24) is 9.78 Å². The van der Waals surface area contributed by atoms with E-state index in [9.17, 15) is 13.2 Å². The van der Waals surface area contributed by atoms with Crippen LogP contribution in [0.1, 0.15) is 10.5 Å². The number of carbonyl (C=O) groups excluding carboxylic acids is 1. The number of benzene rings is 1. The van der Waals surface area contributed by atoms with E-state index in [0.717, 1.165) is 0 Å². The zero-order chi connectivity index (χ0) is 14.0. The number of carbonyl (C=O) groups is 1. The first-order chi connectivity index (χ1) is 8.96. The second-order valence-electron chi connectivity index (χ2n) is 3.82. The second kappa shape index (κ2) is 4.85. The van der Waals surface area contributed by atoms with E-state index in [2.05, 4.69) is 9.84 Å². The molecule has 2 aromatic rings. The normalized spacial score (nSPS) is 11.3. The molecule has 0 saturated carbocycles. The highest BCUT2D eigenvalue weighted by molar-refractivity contribution is 7.91. The number of sulfone groups is 1. The SMILES string of the molecule is COC(=O)c1nn(C)cc1S(=O)(=O)c1ccccc1. The Labute approximate surface area is 110 Å². The fourth-order valence-electron chi connectivity index (χ4n) is 1.63. The first kappa shape index (κ1) is 13.3. The molecule has 19 heavy (non-hydrogen) atoms. The number of hydrogen-bond donors (Lipinski definition) is 0. The summed E-state index contributed by atoms with van der Waals surface area (Å²) in [6.07, 6.45) is 1.29. The summed E-state index contributed by atoms with van der Waals surface area (Å²) < 4.78 is 30.7. The predicted octanol–water partition coefficient (Wildman–Crippen LogP) is 1.04. The minimum Gasteiger partial charge on any atom is -0.464 e. The average molecular weight is 280 g/mol. The molecule has 1 aromatic heterocycles. The largest absolute Gasteiger partial charge is 0.464 e. The van der Waals surface area contributed by atoms with Crippen molar-refractivity contribution in [3.8, 4) is 0 Å². The molecule has 0 saturated heterocycles. The van der Waals surface area contributed by atoms with Crippen LogP contribution < -0.4 is 0 Å². The van der Waals surface area contributed by atoms with Gasteiger partial charge in [-0.1, -0.05) is 18.2 Å². The van der Waals surface area contributed by atoms with Crippen molar-refractivity contribution in [2.24, 2.45) is 7.05 Å². The molecule has 0 aliphatic carbocycles. The first-order valence-electron chi connectivity index (χ1n) is 5.39. The van der Waals surface area contributed by atoms with Crippen LogP contribution in [-0.2, 0) is 21.6 Å². The summed E-state index contributed by atoms with van der Waals surface area (Å²) in [6.45, 7) is 0. The monoisotopic (exact) mass is 280 g/mol. The van der Waals surface area contributed by atoms with E-state index < -0.39 is 15.8 Å². The standard InChI is InChI=1S/C12H12N2O4S/c1-14-8-10(11(13-14)12(15)18-2)19(16,17)9-6-4-3-5-7-9/h3-8H,1-2H3. The predicted molar refractivity (Wildman–Crippen MR) is 66.4 cm³/mol. The molecule has 6 nitrogen and oxygen atoms in total. The number of aromatic nitrogens is 2. The highest BCUT2D eigenvalue weighted by Gasteiger charge is 2.28. The van der Waals surface area contributed by atoms with E-state index >= 15 is 0 Å². The molecule has 0 fully saturated rings. The molecule has 0 N–H and O–H groups in total. The summed E-state index contributed by atoms with van der Waals surface area (Å²) in [5, 5.41) is 3.84. The van der Waals surface area contributed by atoms with Crippen molar-refractivity contribution in [2.45, 2.75) is 9.79 Å². The minimum atomic E-state index is -3.79.